The molecule has 0 saturated carbocycles. The second kappa shape index (κ2) is 5.42. The van der Waals surface area contributed by atoms with Crippen LogP contribution in [0.25, 0.3) is 11.3 Å². The molecule has 0 radical (unpaired) electrons. The van der Waals surface area contributed by atoms with Crippen molar-refractivity contribution in [3.8, 4) is 11.3 Å². The van der Waals surface area contributed by atoms with Crippen LogP contribution in [0.2, 0.25) is 5.02 Å². The minimum atomic E-state index is -0.508. The van der Waals surface area contributed by atoms with Gasteiger partial charge >= 0.3 is 0 Å². The lowest BCUT2D eigenvalue weighted by atomic mass is 10.1. The topological polar surface area (TPSA) is 68.3 Å². The van der Waals surface area contributed by atoms with Gasteiger partial charge in [0.25, 0.3) is 5.69 Å². The van der Waals surface area contributed by atoms with Gasteiger partial charge in [-0.25, -0.2) is 0 Å². The summed E-state index contributed by atoms with van der Waals surface area (Å²) in [5, 5.41) is 14.0. The van der Waals surface area contributed by atoms with Crippen LogP contribution in [0.15, 0.2) is 34.7 Å². The normalized spacial score (nSPS) is 12.4. The molecule has 1 N–H and O–H groups in total. The van der Waals surface area contributed by atoms with E-state index in [9.17, 15) is 10.1 Å². The van der Waals surface area contributed by atoms with Crippen molar-refractivity contribution in [2.24, 2.45) is 0 Å². The first-order chi connectivity index (χ1) is 9.02. The van der Waals surface area contributed by atoms with Gasteiger partial charge in [0.1, 0.15) is 16.5 Å². The molecule has 19 heavy (non-hydrogen) atoms. The Kier molecular flexibility index (Phi) is 3.87. The van der Waals surface area contributed by atoms with Gasteiger partial charge in [-0.2, -0.15) is 0 Å². The van der Waals surface area contributed by atoms with E-state index < -0.39 is 4.92 Å². The van der Waals surface area contributed by atoms with E-state index in [0.717, 1.165) is 5.76 Å². The monoisotopic (exact) mass is 280 g/mol. The van der Waals surface area contributed by atoms with E-state index in [4.69, 9.17) is 16.0 Å². The van der Waals surface area contributed by atoms with Crippen molar-refractivity contribution >= 4 is 17.3 Å². The van der Waals surface area contributed by atoms with E-state index in [1.165, 1.54) is 12.1 Å². The fourth-order valence-corrected chi connectivity index (χ4v) is 1.88. The van der Waals surface area contributed by atoms with E-state index in [1.54, 1.807) is 12.1 Å². The standard InChI is InChI=1S/C13H13ClN2O3/c1-8(15-2)12-5-6-13(19-12)9-3-4-10(14)11(7-9)16(17)18/h3-8,15H,1-2H3. The molecule has 0 fully saturated rings. The number of benzene rings is 1. The summed E-state index contributed by atoms with van der Waals surface area (Å²) in [6, 6.07) is 8.32. The van der Waals surface area contributed by atoms with Crippen LogP contribution in [0.1, 0.15) is 18.7 Å². The van der Waals surface area contributed by atoms with Crippen LogP contribution < -0.4 is 5.32 Å². The molecular weight excluding hydrogens is 268 g/mol. The molecule has 0 amide bonds. The van der Waals surface area contributed by atoms with Gasteiger partial charge in [0.15, 0.2) is 0 Å². The van der Waals surface area contributed by atoms with Crippen LogP contribution in [0.3, 0.4) is 0 Å². The number of nitrogens with zero attached hydrogens (tertiary/aromatic N) is 1. The zero-order valence-electron chi connectivity index (χ0n) is 10.5. The van der Waals surface area contributed by atoms with Crippen molar-refractivity contribution in [2.75, 3.05) is 7.05 Å². The lowest BCUT2D eigenvalue weighted by molar-refractivity contribution is -0.384. The lowest BCUT2D eigenvalue weighted by Crippen LogP contribution is -2.10. The third-order valence-corrected chi connectivity index (χ3v) is 3.23. The Balaban J connectivity index is 2.39. The lowest BCUT2D eigenvalue weighted by Gasteiger charge is -2.05. The van der Waals surface area contributed by atoms with Crippen LogP contribution in [0, 0.1) is 10.1 Å². The van der Waals surface area contributed by atoms with Gasteiger partial charge in [-0.15, -0.1) is 0 Å². The highest BCUT2D eigenvalue weighted by Gasteiger charge is 2.16. The molecular formula is C13H13ClN2O3. The number of furan rings is 1. The number of halogens is 1. The summed E-state index contributed by atoms with van der Waals surface area (Å²) in [4.78, 5) is 10.3. The molecule has 2 aromatic rings. The number of hydrogen-bond donors (Lipinski definition) is 1. The molecule has 0 aliphatic rings. The van der Waals surface area contributed by atoms with E-state index in [1.807, 2.05) is 20.0 Å². The Bertz CT molecular complexity index is 610. The van der Waals surface area contributed by atoms with Crippen molar-refractivity contribution in [1.82, 2.24) is 5.32 Å². The first kappa shape index (κ1) is 13.6. The predicted molar refractivity (Wildman–Crippen MR) is 73.3 cm³/mol. The highest BCUT2D eigenvalue weighted by atomic mass is 35.5. The number of nitro groups is 1. The summed E-state index contributed by atoms with van der Waals surface area (Å²) in [5.74, 6) is 1.35. The highest BCUT2D eigenvalue weighted by Crippen LogP contribution is 2.32. The second-order valence-electron chi connectivity index (χ2n) is 4.14. The van der Waals surface area contributed by atoms with Crippen LogP contribution in [-0.2, 0) is 0 Å². The predicted octanol–water partition coefficient (Wildman–Crippen LogP) is 3.79. The summed E-state index contributed by atoms with van der Waals surface area (Å²) < 4.78 is 5.67. The summed E-state index contributed by atoms with van der Waals surface area (Å²) in [5.41, 5.74) is 0.504. The fourth-order valence-electron chi connectivity index (χ4n) is 1.69. The summed E-state index contributed by atoms with van der Waals surface area (Å²) in [6.07, 6.45) is 0. The van der Waals surface area contributed by atoms with Crippen LogP contribution in [0.5, 0.6) is 0 Å². The first-order valence-electron chi connectivity index (χ1n) is 5.74. The molecule has 1 heterocycles. The van der Waals surface area contributed by atoms with E-state index >= 15 is 0 Å². The Labute approximate surface area is 115 Å². The fraction of sp³-hybridized carbons (Fsp3) is 0.231. The maximum atomic E-state index is 10.8. The number of nitrogens with one attached hydrogen (secondary N) is 1. The Hall–Kier alpha value is -1.85. The second-order valence-corrected chi connectivity index (χ2v) is 4.54. The molecule has 0 bridgehead atoms. The van der Waals surface area contributed by atoms with Gasteiger partial charge < -0.3 is 9.73 Å². The summed E-state index contributed by atoms with van der Waals surface area (Å²) in [7, 11) is 1.83. The summed E-state index contributed by atoms with van der Waals surface area (Å²) in [6.45, 7) is 1.97. The third kappa shape index (κ3) is 2.77. The molecule has 0 aliphatic carbocycles. The molecule has 5 nitrogen and oxygen atoms in total. The Morgan fingerprint density at radius 1 is 1.37 bits per heavy atom. The quantitative estimate of drug-likeness (QED) is 0.683. The summed E-state index contributed by atoms with van der Waals surface area (Å²) >= 11 is 5.77. The van der Waals surface area contributed by atoms with Gasteiger partial charge in [0, 0.05) is 11.6 Å². The smallest absolute Gasteiger partial charge is 0.288 e. The minimum Gasteiger partial charge on any atom is -0.459 e. The molecule has 0 saturated heterocycles. The number of nitro benzene ring substituents is 1. The molecule has 2 rings (SSSR count). The minimum absolute atomic E-state index is 0.0797. The maximum absolute atomic E-state index is 10.8. The van der Waals surface area contributed by atoms with Crippen molar-refractivity contribution in [3.05, 3.63) is 51.2 Å². The number of rotatable bonds is 4. The molecule has 6 heteroatoms. The average Bonchev–Trinajstić information content (AvgIpc) is 2.87. The van der Waals surface area contributed by atoms with Gasteiger partial charge in [-0.3, -0.25) is 10.1 Å². The van der Waals surface area contributed by atoms with E-state index in [-0.39, 0.29) is 16.8 Å². The molecule has 0 aliphatic heterocycles. The maximum Gasteiger partial charge on any atom is 0.288 e. The van der Waals surface area contributed by atoms with Gasteiger partial charge in [-0.05, 0) is 38.2 Å². The zero-order valence-corrected chi connectivity index (χ0v) is 11.3. The Morgan fingerprint density at radius 2 is 2.11 bits per heavy atom. The van der Waals surface area contributed by atoms with Crippen molar-refractivity contribution in [1.29, 1.82) is 0 Å². The highest BCUT2D eigenvalue weighted by molar-refractivity contribution is 6.32. The van der Waals surface area contributed by atoms with E-state index in [0.29, 0.717) is 11.3 Å². The van der Waals surface area contributed by atoms with Gasteiger partial charge in [0.2, 0.25) is 0 Å². The largest absolute Gasteiger partial charge is 0.459 e. The van der Waals surface area contributed by atoms with Crippen molar-refractivity contribution < 1.29 is 9.34 Å². The molecule has 1 aromatic heterocycles. The van der Waals surface area contributed by atoms with E-state index in [2.05, 4.69) is 5.32 Å². The SMILES string of the molecule is CNC(C)c1ccc(-c2ccc(Cl)c([N+](=O)[O-])c2)o1. The molecule has 0 spiro atoms. The van der Waals surface area contributed by atoms with Crippen molar-refractivity contribution in [3.63, 3.8) is 0 Å². The molecule has 1 unspecified atom stereocenters. The third-order valence-electron chi connectivity index (χ3n) is 2.91. The van der Waals surface area contributed by atoms with Gasteiger partial charge in [-0.1, -0.05) is 11.6 Å². The van der Waals surface area contributed by atoms with Crippen LogP contribution in [0.4, 0.5) is 5.69 Å². The van der Waals surface area contributed by atoms with Crippen LogP contribution >= 0.6 is 11.6 Å². The Morgan fingerprint density at radius 3 is 2.74 bits per heavy atom. The van der Waals surface area contributed by atoms with Crippen molar-refractivity contribution in [2.45, 2.75) is 13.0 Å². The molecule has 100 valence electrons. The van der Waals surface area contributed by atoms with Crippen LogP contribution in [-0.4, -0.2) is 12.0 Å². The average molecular weight is 281 g/mol. The number of hydrogen-bond acceptors (Lipinski definition) is 4. The molecule has 1 aromatic carbocycles. The zero-order chi connectivity index (χ0) is 14.0. The molecule has 1 atom stereocenters. The first-order valence-corrected chi connectivity index (χ1v) is 6.12. The van der Waals surface area contributed by atoms with Gasteiger partial charge in [0.05, 0.1) is 11.0 Å².